The van der Waals surface area contributed by atoms with E-state index in [0.29, 0.717) is 5.75 Å². The molecule has 0 spiro atoms. The zero-order valence-corrected chi connectivity index (χ0v) is 11.1. The van der Waals surface area contributed by atoms with Gasteiger partial charge in [-0.3, -0.25) is 4.79 Å². The second-order valence-electron chi connectivity index (χ2n) is 3.38. The van der Waals surface area contributed by atoms with Crippen LogP contribution in [-0.4, -0.2) is 21.5 Å². The quantitative estimate of drug-likeness (QED) is 0.473. The minimum Gasteiger partial charge on any atom is -0.292 e. The lowest BCUT2D eigenvalue weighted by atomic mass is 10.3. The Morgan fingerprint density at radius 3 is 2.94 bits per heavy atom. The number of rotatable bonds is 5. The highest BCUT2D eigenvalue weighted by Gasteiger charge is 2.09. The van der Waals surface area contributed by atoms with Gasteiger partial charge in [0.25, 0.3) is 0 Å². The first-order chi connectivity index (χ1) is 8.29. The standard InChI is InChI=1S/C12H12N2OS2/c1-2-9-3-4-11(17-9)10(15)7-16-12-5-6-13-8-14-12/h3-6,8H,2,7H2,1H3. The van der Waals surface area contributed by atoms with Gasteiger partial charge >= 0.3 is 0 Å². The number of aryl methyl sites for hydroxylation is 1. The summed E-state index contributed by atoms with van der Waals surface area (Å²) in [5.74, 6) is 0.596. The average Bonchev–Trinajstić information content (AvgIpc) is 2.86. The molecule has 0 N–H and O–H groups in total. The zero-order chi connectivity index (χ0) is 12.1. The molecule has 0 aliphatic rings. The predicted molar refractivity (Wildman–Crippen MR) is 70.8 cm³/mol. The number of thiophene rings is 1. The Kier molecular flexibility index (Phi) is 4.28. The number of Topliss-reactive ketones (excluding diaryl/α,β-unsaturated/α-hetero) is 1. The van der Waals surface area contributed by atoms with Gasteiger partial charge in [-0.05, 0) is 24.6 Å². The molecular formula is C12H12N2OS2. The Hall–Kier alpha value is -1.20. The Labute approximate surface area is 108 Å². The minimum atomic E-state index is 0.165. The van der Waals surface area contributed by atoms with E-state index in [1.807, 2.05) is 18.2 Å². The highest BCUT2D eigenvalue weighted by atomic mass is 32.2. The summed E-state index contributed by atoms with van der Waals surface area (Å²) in [4.78, 5) is 21.9. The molecule has 0 radical (unpaired) electrons. The van der Waals surface area contributed by atoms with Crippen molar-refractivity contribution in [2.75, 3.05) is 5.75 Å². The highest BCUT2D eigenvalue weighted by Crippen LogP contribution is 2.21. The van der Waals surface area contributed by atoms with Crippen molar-refractivity contribution in [3.05, 3.63) is 40.5 Å². The van der Waals surface area contributed by atoms with E-state index in [4.69, 9.17) is 0 Å². The number of thioether (sulfide) groups is 1. The molecule has 2 aromatic rings. The molecule has 0 aliphatic carbocycles. The summed E-state index contributed by atoms with van der Waals surface area (Å²) in [5, 5.41) is 0.834. The summed E-state index contributed by atoms with van der Waals surface area (Å²) >= 11 is 3.03. The number of aromatic nitrogens is 2. The number of carbonyl (C=O) groups excluding carboxylic acids is 1. The lowest BCUT2D eigenvalue weighted by Crippen LogP contribution is -1.99. The first-order valence-electron chi connectivity index (χ1n) is 5.30. The van der Waals surface area contributed by atoms with Gasteiger partial charge in [-0.1, -0.05) is 18.7 Å². The van der Waals surface area contributed by atoms with Gasteiger partial charge in [0.2, 0.25) is 0 Å². The average molecular weight is 264 g/mol. The normalized spacial score (nSPS) is 10.4. The van der Waals surface area contributed by atoms with E-state index in [9.17, 15) is 4.79 Å². The van der Waals surface area contributed by atoms with Crippen molar-refractivity contribution in [3.63, 3.8) is 0 Å². The molecule has 0 atom stereocenters. The zero-order valence-electron chi connectivity index (χ0n) is 9.42. The topological polar surface area (TPSA) is 42.9 Å². The van der Waals surface area contributed by atoms with Gasteiger partial charge in [0.05, 0.1) is 15.7 Å². The molecule has 0 saturated heterocycles. The lowest BCUT2D eigenvalue weighted by Gasteiger charge is -1.97. The molecule has 3 nitrogen and oxygen atoms in total. The molecule has 0 aromatic carbocycles. The monoisotopic (exact) mass is 264 g/mol. The second kappa shape index (κ2) is 5.93. The van der Waals surface area contributed by atoms with Crippen LogP contribution in [0.1, 0.15) is 21.5 Å². The Morgan fingerprint density at radius 1 is 1.41 bits per heavy atom. The molecule has 5 heteroatoms. The molecule has 0 amide bonds. The summed E-state index contributed by atoms with van der Waals surface area (Å²) in [5.41, 5.74) is 0. The van der Waals surface area contributed by atoms with Crippen LogP contribution >= 0.6 is 23.1 Å². The molecule has 2 rings (SSSR count). The van der Waals surface area contributed by atoms with Crippen molar-refractivity contribution in [2.45, 2.75) is 18.4 Å². The van der Waals surface area contributed by atoms with Gasteiger partial charge in [0, 0.05) is 11.1 Å². The highest BCUT2D eigenvalue weighted by molar-refractivity contribution is 7.99. The number of nitrogens with zero attached hydrogens (tertiary/aromatic N) is 2. The SMILES string of the molecule is CCc1ccc(C(=O)CSc2ccncn2)s1. The fourth-order valence-electron chi connectivity index (χ4n) is 1.29. The van der Waals surface area contributed by atoms with Gasteiger partial charge < -0.3 is 0 Å². The van der Waals surface area contributed by atoms with Crippen LogP contribution < -0.4 is 0 Å². The minimum absolute atomic E-state index is 0.165. The van der Waals surface area contributed by atoms with Crippen LogP contribution in [-0.2, 0) is 6.42 Å². The predicted octanol–water partition coefficient (Wildman–Crippen LogP) is 3.08. The van der Waals surface area contributed by atoms with Crippen LogP contribution in [0.15, 0.2) is 35.7 Å². The summed E-state index contributed by atoms with van der Waals surface area (Å²) in [6.45, 7) is 2.09. The fraction of sp³-hybridized carbons (Fsp3) is 0.250. The first-order valence-corrected chi connectivity index (χ1v) is 7.10. The number of hydrogen-bond acceptors (Lipinski definition) is 5. The van der Waals surface area contributed by atoms with Crippen LogP contribution in [0.3, 0.4) is 0 Å². The number of ketones is 1. The van der Waals surface area contributed by atoms with Crippen LogP contribution in [0.25, 0.3) is 0 Å². The maximum atomic E-state index is 11.9. The van der Waals surface area contributed by atoms with E-state index in [-0.39, 0.29) is 5.78 Å². The third kappa shape index (κ3) is 3.38. The maximum Gasteiger partial charge on any atom is 0.183 e. The van der Waals surface area contributed by atoms with E-state index >= 15 is 0 Å². The first kappa shape index (κ1) is 12.3. The van der Waals surface area contributed by atoms with E-state index in [1.165, 1.54) is 23.0 Å². The largest absolute Gasteiger partial charge is 0.292 e. The Morgan fingerprint density at radius 2 is 2.29 bits per heavy atom. The van der Waals surface area contributed by atoms with Crippen LogP contribution in [0.4, 0.5) is 0 Å². The molecule has 17 heavy (non-hydrogen) atoms. The van der Waals surface area contributed by atoms with Crippen molar-refractivity contribution in [1.82, 2.24) is 9.97 Å². The van der Waals surface area contributed by atoms with Crippen LogP contribution in [0, 0.1) is 0 Å². The van der Waals surface area contributed by atoms with Gasteiger partial charge in [0.1, 0.15) is 6.33 Å². The fourth-order valence-corrected chi connectivity index (χ4v) is 2.98. The Bertz CT molecular complexity index is 496. The van der Waals surface area contributed by atoms with Gasteiger partial charge in [0.15, 0.2) is 5.78 Å². The Balaban J connectivity index is 1.93. The van der Waals surface area contributed by atoms with E-state index in [0.717, 1.165) is 16.3 Å². The second-order valence-corrected chi connectivity index (χ2v) is 5.54. The van der Waals surface area contributed by atoms with Gasteiger partial charge in [-0.25, -0.2) is 9.97 Å². The summed E-state index contributed by atoms with van der Waals surface area (Å²) in [6, 6.07) is 5.74. The van der Waals surface area contributed by atoms with E-state index < -0.39 is 0 Å². The molecule has 0 unspecified atom stereocenters. The number of carbonyl (C=O) groups is 1. The van der Waals surface area contributed by atoms with Crippen molar-refractivity contribution in [2.24, 2.45) is 0 Å². The van der Waals surface area contributed by atoms with E-state index in [1.54, 1.807) is 17.5 Å². The summed E-state index contributed by atoms with van der Waals surface area (Å²) in [7, 11) is 0. The van der Waals surface area contributed by atoms with Crippen LogP contribution in [0.2, 0.25) is 0 Å². The third-order valence-corrected chi connectivity index (χ3v) is 4.41. The molecule has 2 heterocycles. The molecule has 0 bridgehead atoms. The molecule has 0 saturated carbocycles. The molecule has 0 fully saturated rings. The van der Waals surface area contributed by atoms with Crippen molar-refractivity contribution in [1.29, 1.82) is 0 Å². The van der Waals surface area contributed by atoms with Gasteiger partial charge in [-0.2, -0.15) is 0 Å². The van der Waals surface area contributed by atoms with Crippen LogP contribution in [0.5, 0.6) is 0 Å². The maximum absolute atomic E-state index is 11.9. The third-order valence-electron chi connectivity index (χ3n) is 2.19. The molecule has 88 valence electrons. The van der Waals surface area contributed by atoms with Crippen molar-refractivity contribution < 1.29 is 4.79 Å². The van der Waals surface area contributed by atoms with E-state index in [2.05, 4.69) is 16.9 Å². The molecule has 2 aromatic heterocycles. The molecular weight excluding hydrogens is 252 g/mol. The summed E-state index contributed by atoms with van der Waals surface area (Å²) in [6.07, 6.45) is 4.16. The summed E-state index contributed by atoms with van der Waals surface area (Å²) < 4.78 is 0. The van der Waals surface area contributed by atoms with Crippen molar-refractivity contribution in [3.8, 4) is 0 Å². The van der Waals surface area contributed by atoms with Gasteiger partial charge in [-0.15, -0.1) is 11.3 Å². The smallest absolute Gasteiger partial charge is 0.183 e. The number of hydrogen-bond donors (Lipinski definition) is 0. The molecule has 0 aliphatic heterocycles. The van der Waals surface area contributed by atoms with Crippen molar-refractivity contribution >= 4 is 28.9 Å². The lowest BCUT2D eigenvalue weighted by molar-refractivity contribution is 0.102.